The van der Waals surface area contributed by atoms with Crippen molar-refractivity contribution in [3.05, 3.63) is 28.8 Å². The topological polar surface area (TPSA) is 57.6 Å². The molecule has 1 fully saturated rings. The molecule has 6 heteroatoms. The zero-order chi connectivity index (χ0) is 15.1. The molecule has 4 nitrogen and oxygen atoms in total. The van der Waals surface area contributed by atoms with Crippen LogP contribution >= 0.6 is 11.6 Å². The maximum atomic E-state index is 12.8. The molecule has 1 unspecified atom stereocenters. The van der Waals surface area contributed by atoms with Crippen LogP contribution in [-0.4, -0.2) is 36.0 Å². The Labute approximate surface area is 125 Å². The largest absolute Gasteiger partial charge is 0.389 e. The molecule has 0 spiro atoms. The average molecular weight is 318 g/mol. The summed E-state index contributed by atoms with van der Waals surface area (Å²) in [6.45, 7) is 5.48. The van der Waals surface area contributed by atoms with Crippen molar-refractivity contribution >= 4 is 21.6 Å². The minimum Gasteiger partial charge on any atom is -0.389 e. The fourth-order valence-electron chi connectivity index (χ4n) is 2.71. The first-order valence-electron chi connectivity index (χ1n) is 6.64. The molecule has 0 amide bonds. The summed E-state index contributed by atoms with van der Waals surface area (Å²) in [6, 6.07) is 4.45. The van der Waals surface area contributed by atoms with Gasteiger partial charge in [0.2, 0.25) is 10.0 Å². The number of aliphatic hydroxyl groups is 1. The van der Waals surface area contributed by atoms with Crippen molar-refractivity contribution in [3.63, 3.8) is 0 Å². The van der Waals surface area contributed by atoms with Gasteiger partial charge in [-0.2, -0.15) is 4.31 Å². The van der Waals surface area contributed by atoms with E-state index in [-0.39, 0.29) is 4.90 Å². The van der Waals surface area contributed by atoms with E-state index >= 15 is 0 Å². The van der Waals surface area contributed by atoms with E-state index in [1.165, 1.54) is 10.4 Å². The zero-order valence-corrected chi connectivity index (χ0v) is 13.5. The molecule has 0 aliphatic carbocycles. The molecule has 1 aliphatic rings. The van der Waals surface area contributed by atoms with Crippen molar-refractivity contribution in [1.82, 2.24) is 4.31 Å². The fraction of sp³-hybridized carbons (Fsp3) is 0.571. The normalized spacial score (nSPS) is 21.4. The van der Waals surface area contributed by atoms with E-state index in [4.69, 9.17) is 11.6 Å². The number of nitrogens with zero attached hydrogens (tertiary/aromatic N) is 1. The van der Waals surface area contributed by atoms with Gasteiger partial charge in [0.25, 0.3) is 0 Å². The molecule has 1 aromatic carbocycles. The van der Waals surface area contributed by atoms with Crippen LogP contribution in [0.15, 0.2) is 23.1 Å². The SMILES string of the molecule is Cc1ccc(Cl)cc1S(=O)(=O)N1CCCC1C(C)(C)O. The minimum absolute atomic E-state index is 0.223. The van der Waals surface area contributed by atoms with Gasteiger partial charge in [-0.25, -0.2) is 8.42 Å². The first kappa shape index (κ1) is 15.8. The monoisotopic (exact) mass is 317 g/mol. The Hall–Kier alpha value is -0.620. The van der Waals surface area contributed by atoms with Crippen LogP contribution < -0.4 is 0 Å². The molecule has 112 valence electrons. The maximum absolute atomic E-state index is 12.8. The number of benzene rings is 1. The summed E-state index contributed by atoms with van der Waals surface area (Å²) >= 11 is 5.92. The highest BCUT2D eigenvalue weighted by molar-refractivity contribution is 7.89. The van der Waals surface area contributed by atoms with Gasteiger partial charge < -0.3 is 5.11 Å². The van der Waals surface area contributed by atoms with Crippen LogP contribution in [0.3, 0.4) is 0 Å². The quantitative estimate of drug-likeness (QED) is 0.932. The van der Waals surface area contributed by atoms with Crippen molar-refractivity contribution in [1.29, 1.82) is 0 Å². The van der Waals surface area contributed by atoms with Crippen molar-refractivity contribution in [3.8, 4) is 0 Å². The van der Waals surface area contributed by atoms with Gasteiger partial charge in [-0.05, 0) is 51.3 Å². The molecular weight excluding hydrogens is 298 g/mol. The van der Waals surface area contributed by atoms with Crippen LogP contribution in [0.1, 0.15) is 32.3 Å². The molecule has 1 saturated heterocycles. The van der Waals surface area contributed by atoms with E-state index in [2.05, 4.69) is 0 Å². The maximum Gasteiger partial charge on any atom is 0.243 e. The van der Waals surface area contributed by atoms with E-state index in [0.29, 0.717) is 23.6 Å². The highest BCUT2D eigenvalue weighted by atomic mass is 35.5. The summed E-state index contributed by atoms with van der Waals surface area (Å²) in [7, 11) is -3.64. The second-order valence-electron chi connectivity index (χ2n) is 5.84. The van der Waals surface area contributed by atoms with Gasteiger partial charge in [-0.1, -0.05) is 17.7 Å². The van der Waals surface area contributed by atoms with Gasteiger partial charge in [0.05, 0.1) is 16.5 Å². The number of halogens is 1. The van der Waals surface area contributed by atoms with Crippen LogP contribution in [0, 0.1) is 6.92 Å². The van der Waals surface area contributed by atoms with Crippen LogP contribution in [0.25, 0.3) is 0 Å². The molecule has 1 N–H and O–H groups in total. The van der Waals surface area contributed by atoms with Gasteiger partial charge >= 0.3 is 0 Å². The lowest BCUT2D eigenvalue weighted by atomic mass is 9.98. The van der Waals surface area contributed by atoms with Crippen LogP contribution in [-0.2, 0) is 10.0 Å². The van der Waals surface area contributed by atoms with Gasteiger partial charge in [-0.3, -0.25) is 0 Å². The first-order chi connectivity index (χ1) is 9.14. The number of hydrogen-bond donors (Lipinski definition) is 1. The van der Waals surface area contributed by atoms with Gasteiger partial charge in [0.1, 0.15) is 0 Å². The van der Waals surface area contributed by atoms with Gasteiger partial charge in [-0.15, -0.1) is 0 Å². The smallest absolute Gasteiger partial charge is 0.243 e. The third-order valence-electron chi connectivity index (χ3n) is 3.76. The zero-order valence-electron chi connectivity index (χ0n) is 11.9. The third-order valence-corrected chi connectivity index (χ3v) is 6.04. The lowest BCUT2D eigenvalue weighted by Gasteiger charge is -2.33. The lowest BCUT2D eigenvalue weighted by Crippen LogP contribution is -2.48. The Kier molecular flexibility index (Phi) is 4.17. The predicted molar refractivity (Wildman–Crippen MR) is 79.4 cm³/mol. The highest BCUT2D eigenvalue weighted by Gasteiger charge is 2.43. The van der Waals surface area contributed by atoms with E-state index in [0.717, 1.165) is 6.42 Å². The Morgan fingerprint density at radius 3 is 2.65 bits per heavy atom. The summed E-state index contributed by atoms with van der Waals surface area (Å²) in [5, 5.41) is 10.6. The number of rotatable bonds is 3. The molecule has 0 radical (unpaired) electrons. The molecule has 20 heavy (non-hydrogen) atoms. The molecule has 0 aromatic heterocycles. The summed E-state index contributed by atoms with van der Waals surface area (Å²) in [6.07, 6.45) is 1.43. The van der Waals surface area contributed by atoms with Gasteiger partial charge in [0, 0.05) is 11.6 Å². The molecule has 1 aromatic rings. The summed E-state index contributed by atoms with van der Waals surface area (Å²) in [4.78, 5) is 0.223. The summed E-state index contributed by atoms with van der Waals surface area (Å²) in [5.41, 5.74) is -0.397. The second kappa shape index (κ2) is 5.30. The number of aryl methyl sites for hydroxylation is 1. The Morgan fingerprint density at radius 2 is 2.05 bits per heavy atom. The predicted octanol–water partition coefficient (Wildman–Crippen LogP) is 2.57. The molecular formula is C14H20ClNO3S. The van der Waals surface area contributed by atoms with Gasteiger partial charge in [0.15, 0.2) is 0 Å². The van der Waals surface area contributed by atoms with Crippen molar-refractivity contribution in [2.24, 2.45) is 0 Å². The minimum atomic E-state index is -3.64. The van der Waals surface area contributed by atoms with Crippen LogP contribution in [0.5, 0.6) is 0 Å². The molecule has 2 rings (SSSR count). The number of hydrogen-bond acceptors (Lipinski definition) is 3. The molecule has 1 heterocycles. The summed E-state index contributed by atoms with van der Waals surface area (Å²) in [5.74, 6) is 0. The summed E-state index contributed by atoms with van der Waals surface area (Å²) < 4.78 is 27.0. The Balaban J connectivity index is 2.47. The Bertz CT molecular complexity index is 607. The van der Waals surface area contributed by atoms with E-state index in [1.807, 2.05) is 0 Å². The van der Waals surface area contributed by atoms with E-state index < -0.39 is 21.7 Å². The van der Waals surface area contributed by atoms with Crippen molar-refractivity contribution in [2.45, 2.75) is 50.2 Å². The number of sulfonamides is 1. The average Bonchev–Trinajstić information content (AvgIpc) is 2.81. The molecule has 1 atom stereocenters. The highest BCUT2D eigenvalue weighted by Crippen LogP contribution is 2.33. The fourth-order valence-corrected chi connectivity index (χ4v) is 5.02. The molecule has 0 bridgehead atoms. The standard InChI is InChI=1S/C14H20ClNO3S/c1-10-6-7-11(15)9-12(10)20(18,19)16-8-4-5-13(16)14(2,3)17/h6-7,9,13,17H,4-5,8H2,1-3H3. The van der Waals surface area contributed by atoms with Crippen molar-refractivity contribution in [2.75, 3.05) is 6.54 Å². The first-order valence-corrected chi connectivity index (χ1v) is 8.46. The molecule has 0 saturated carbocycles. The van der Waals surface area contributed by atoms with Crippen LogP contribution in [0.4, 0.5) is 0 Å². The van der Waals surface area contributed by atoms with E-state index in [9.17, 15) is 13.5 Å². The second-order valence-corrected chi connectivity index (χ2v) is 8.13. The van der Waals surface area contributed by atoms with Crippen molar-refractivity contribution < 1.29 is 13.5 Å². The molecule has 1 aliphatic heterocycles. The third kappa shape index (κ3) is 2.86. The van der Waals surface area contributed by atoms with Crippen LogP contribution in [0.2, 0.25) is 5.02 Å². The Morgan fingerprint density at radius 1 is 1.40 bits per heavy atom. The lowest BCUT2D eigenvalue weighted by molar-refractivity contribution is 0.0215. The van der Waals surface area contributed by atoms with E-state index in [1.54, 1.807) is 32.9 Å².